The van der Waals surface area contributed by atoms with Crippen molar-refractivity contribution in [3.05, 3.63) is 0 Å². The normalized spacial score (nSPS) is 33.1. The number of hydrogen-bond acceptors (Lipinski definition) is 8. The van der Waals surface area contributed by atoms with Crippen LogP contribution in [0.4, 0.5) is 0 Å². The Hall–Kier alpha value is -1.22. The lowest BCUT2D eigenvalue weighted by Gasteiger charge is -2.51. The van der Waals surface area contributed by atoms with Gasteiger partial charge in [-0.25, -0.2) is 0 Å². The molecule has 8 nitrogen and oxygen atoms in total. The molecule has 4 atom stereocenters. The molecule has 1 aliphatic carbocycles. The molecule has 226 valence electrons. The molecule has 0 aromatic rings. The fourth-order valence-corrected chi connectivity index (χ4v) is 8.29. The van der Waals surface area contributed by atoms with Crippen LogP contribution in [0.1, 0.15) is 127 Å². The van der Waals surface area contributed by atoms with Crippen molar-refractivity contribution in [3.63, 3.8) is 0 Å². The molecule has 0 aromatic heterocycles. The minimum Gasteiger partial charge on any atom is -0.462 e. The zero-order valence-electron chi connectivity index (χ0n) is 26.2. The molecule has 3 fully saturated rings. The van der Waals surface area contributed by atoms with Gasteiger partial charge in [0.25, 0.3) is 0 Å². The highest BCUT2D eigenvalue weighted by molar-refractivity contribution is 5.83. The Labute approximate surface area is 236 Å². The molecule has 2 saturated heterocycles. The molecule has 2 N–H and O–H groups in total. The first kappa shape index (κ1) is 32.3. The van der Waals surface area contributed by atoms with Crippen molar-refractivity contribution in [3.8, 4) is 0 Å². The van der Waals surface area contributed by atoms with Crippen molar-refractivity contribution in [1.29, 1.82) is 0 Å². The van der Waals surface area contributed by atoms with E-state index in [1.165, 1.54) is 10.1 Å². The van der Waals surface area contributed by atoms with E-state index in [0.29, 0.717) is 25.7 Å². The summed E-state index contributed by atoms with van der Waals surface area (Å²) in [6, 6.07) is 0. The van der Waals surface area contributed by atoms with E-state index in [0.717, 1.165) is 32.1 Å². The van der Waals surface area contributed by atoms with E-state index in [2.05, 4.69) is 13.8 Å². The summed E-state index contributed by atoms with van der Waals surface area (Å²) < 4.78 is 12.4. The molecular weight excluding hydrogens is 496 g/mol. The summed E-state index contributed by atoms with van der Waals surface area (Å²) in [4.78, 5) is 27.9. The third-order valence-corrected chi connectivity index (χ3v) is 9.64. The first-order valence-corrected chi connectivity index (χ1v) is 15.3. The third-order valence-electron chi connectivity index (χ3n) is 9.64. The van der Waals surface area contributed by atoms with E-state index >= 15 is 0 Å². The third kappa shape index (κ3) is 6.82. The van der Waals surface area contributed by atoms with Gasteiger partial charge in [-0.05, 0) is 86.5 Å². The van der Waals surface area contributed by atoms with Gasteiger partial charge in [0.2, 0.25) is 0 Å². The van der Waals surface area contributed by atoms with Gasteiger partial charge in [0, 0.05) is 47.8 Å². The van der Waals surface area contributed by atoms with Crippen molar-refractivity contribution in [1.82, 2.24) is 10.1 Å². The Kier molecular flexibility index (Phi) is 9.59. The Morgan fingerprint density at radius 2 is 0.923 bits per heavy atom. The minimum atomic E-state index is -0.532. The van der Waals surface area contributed by atoms with Crippen LogP contribution >= 0.6 is 0 Å². The second-order valence-corrected chi connectivity index (χ2v) is 15.2. The molecule has 4 unspecified atom stereocenters. The highest BCUT2D eigenvalue weighted by Gasteiger charge is 2.54. The van der Waals surface area contributed by atoms with Crippen molar-refractivity contribution >= 4 is 11.9 Å². The molecule has 0 spiro atoms. The maximum atomic E-state index is 14.0. The summed E-state index contributed by atoms with van der Waals surface area (Å²) in [5.41, 5.74) is -2.13. The highest BCUT2D eigenvalue weighted by Crippen LogP contribution is 2.49. The highest BCUT2D eigenvalue weighted by atomic mass is 16.6. The Morgan fingerprint density at radius 3 is 1.18 bits per heavy atom. The molecule has 39 heavy (non-hydrogen) atoms. The van der Waals surface area contributed by atoms with E-state index in [4.69, 9.17) is 9.47 Å². The molecule has 8 heteroatoms. The summed E-state index contributed by atoms with van der Waals surface area (Å²) >= 11 is 0. The van der Waals surface area contributed by atoms with Gasteiger partial charge >= 0.3 is 11.9 Å². The maximum Gasteiger partial charge on any atom is 0.310 e. The van der Waals surface area contributed by atoms with E-state index in [1.807, 2.05) is 55.4 Å². The van der Waals surface area contributed by atoms with Crippen LogP contribution in [-0.4, -0.2) is 66.8 Å². The molecule has 0 bridgehead atoms. The van der Waals surface area contributed by atoms with Crippen LogP contribution in [0.5, 0.6) is 0 Å². The molecule has 3 aliphatic rings. The summed E-state index contributed by atoms with van der Waals surface area (Å²) in [6.45, 7) is 19.9. The number of rotatable bonds is 8. The van der Waals surface area contributed by atoms with Crippen LogP contribution in [0.3, 0.4) is 0 Å². The van der Waals surface area contributed by atoms with Gasteiger partial charge in [-0.15, -0.1) is 0 Å². The Morgan fingerprint density at radius 1 is 0.641 bits per heavy atom. The number of ether oxygens (including phenoxy) is 2. The molecule has 3 rings (SSSR count). The summed E-state index contributed by atoms with van der Waals surface area (Å²) in [5, 5.41) is 24.2. The van der Waals surface area contributed by atoms with Crippen molar-refractivity contribution in [2.45, 2.75) is 161 Å². The summed E-state index contributed by atoms with van der Waals surface area (Å²) in [7, 11) is 0. The molecule has 1 saturated carbocycles. The fraction of sp³-hybridized carbons (Fsp3) is 0.935. The van der Waals surface area contributed by atoms with Gasteiger partial charge in [0.05, 0.1) is 11.8 Å². The monoisotopic (exact) mass is 552 g/mol. The van der Waals surface area contributed by atoms with Crippen molar-refractivity contribution in [2.24, 2.45) is 23.7 Å². The smallest absolute Gasteiger partial charge is 0.310 e. The number of hydroxylamine groups is 4. The topological polar surface area (TPSA) is 99.5 Å². The Balaban J connectivity index is 1.85. The van der Waals surface area contributed by atoms with Gasteiger partial charge in [-0.1, -0.05) is 26.7 Å². The quantitative estimate of drug-likeness (QED) is 0.336. The van der Waals surface area contributed by atoms with E-state index in [9.17, 15) is 20.0 Å². The molecule has 2 aliphatic heterocycles. The lowest BCUT2D eigenvalue weighted by atomic mass is 9.79. The molecule has 0 amide bonds. The number of piperidine rings is 2. The van der Waals surface area contributed by atoms with Gasteiger partial charge < -0.3 is 19.9 Å². The van der Waals surface area contributed by atoms with Crippen LogP contribution < -0.4 is 0 Å². The van der Waals surface area contributed by atoms with Gasteiger partial charge in [-0.3, -0.25) is 9.59 Å². The van der Waals surface area contributed by atoms with Gasteiger partial charge in [-0.2, -0.15) is 10.1 Å². The van der Waals surface area contributed by atoms with Crippen LogP contribution in [0.25, 0.3) is 0 Å². The first-order valence-electron chi connectivity index (χ1n) is 15.3. The van der Waals surface area contributed by atoms with Crippen LogP contribution in [0, 0.1) is 23.7 Å². The zero-order valence-corrected chi connectivity index (χ0v) is 26.2. The first-order chi connectivity index (χ1) is 17.9. The lowest BCUT2D eigenvalue weighted by molar-refractivity contribution is -0.261. The van der Waals surface area contributed by atoms with E-state index < -0.39 is 34.0 Å². The molecule has 0 radical (unpaired) electrons. The largest absolute Gasteiger partial charge is 0.462 e. The number of carbonyl (C=O) groups excluding carboxylic acids is 2. The predicted octanol–water partition coefficient (Wildman–Crippen LogP) is 6.36. The average Bonchev–Trinajstić information content (AvgIpc) is 3.13. The molecular formula is C31H56N2O6. The number of carbonyl (C=O) groups is 2. The zero-order chi connectivity index (χ0) is 29.6. The number of nitrogens with zero attached hydrogens (tertiary/aromatic N) is 2. The van der Waals surface area contributed by atoms with E-state index in [-0.39, 0.29) is 36.0 Å². The SMILES string of the molecule is CCCC1CC(CCC)C(C(=O)OC2CC(C)(C)N(O)C(C)(C)C2)C1C(=O)OC1CC(C)(C)N(O)C(C)(C)C1. The van der Waals surface area contributed by atoms with Gasteiger partial charge in [0.1, 0.15) is 12.2 Å². The second-order valence-electron chi connectivity index (χ2n) is 15.2. The number of esters is 2. The minimum absolute atomic E-state index is 0.0859. The Bertz CT molecular complexity index is 778. The lowest BCUT2D eigenvalue weighted by Crippen LogP contribution is -2.61. The molecule has 2 heterocycles. The fourth-order valence-electron chi connectivity index (χ4n) is 8.29. The van der Waals surface area contributed by atoms with Crippen molar-refractivity contribution < 1.29 is 29.5 Å². The standard InChI is InChI=1S/C31H56N2O6/c1-11-13-20-15-21(14-12-2)25(27(35)39-23-18-30(7,8)33(37)31(9,10)19-23)24(20)26(34)38-22-16-28(3,4)32(36)29(5,6)17-22/h20-25,36-37H,11-19H2,1-10H3. The van der Waals surface area contributed by atoms with E-state index in [1.54, 1.807) is 0 Å². The second kappa shape index (κ2) is 11.6. The predicted molar refractivity (Wildman–Crippen MR) is 150 cm³/mol. The number of hydrogen-bond donors (Lipinski definition) is 2. The van der Waals surface area contributed by atoms with Gasteiger partial charge in [0.15, 0.2) is 0 Å². The maximum absolute atomic E-state index is 14.0. The van der Waals surface area contributed by atoms with Crippen LogP contribution in [-0.2, 0) is 19.1 Å². The summed E-state index contributed by atoms with van der Waals surface area (Å²) in [5.74, 6) is -1.45. The van der Waals surface area contributed by atoms with Crippen LogP contribution in [0.2, 0.25) is 0 Å². The molecule has 0 aromatic carbocycles. The summed E-state index contributed by atoms with van der Waals surface area (Å²) in [6.07, 6.45) is 5.92. The average molecular weight is 553 g/mol. The van der Waals surface area contributed by atoms with Crippen molar-refractivity contribution in [2.75, 3.05) is 0 Å². The van der Waals surface area contributed by atoms with Crippen LogP contribution in [0.15, 0.2) is 0 Å².